The largest absolute Gasteiger partial charge is 0.492 e. The minimum atomic E-state index is 0.735. The van der Waals surface area contributed by atoms with Crippen LogP contribution in [0.5, 0.6) is 5.75 Å². The Morgan fingerprint density at radius 3 is 3.05 bits per heavy atom. The third-order valence-electron chi connectivity index (χ3n) is 3.82. The van der Waals surface area contributed by atoms with Gasteiger partial charge in [-0.3, -0.25) is 0 Å². The Bertz CT molecular complexity index is 383. The zero-order valence-electron chi connectivity index (χ0n) is 11.7. The lowest BCUT2D eigenvalue weighted by atomic mass is 9.82. The van der Waals surface area contributed by atoms with E-state index in [-0.39, 0.29) is 0 Å². The van der Waals surface area contributed by atoms with E-state index in [1.165, 1.54) is 25.7 Å². The first kappa shape index (κ1) is 14.9. The summed E-state index contributed by atoms with van der Waals surface area (Å²) < 4.78 is 6.77. The van der Waals surface area contributed by atoms with Crippen LogP contribution in [0.3, 0.4) is 0 Å². The molecule has 1 saturated carbocycles. The number of nitrogens with one attached hydrogen (secondary N) is 1. The Morgan fingerprint density at radius 1 is 1.37 bits per heavy atom. The minimum Gasteiger partial charge on any atom is -0.492 e. The molecule has 2 nitrogen and oxygen atoms in total. The molecule has 106 valence electrons. The fourth-order valence-electron chi connectivity index (χ4n) is 2.85. The van der Waals surface area contributed by atoms with Gasteiger partial charge in [-0.2, -0.15) is 0 Å². The number of hydrogen-bond donors (Lipinski definition) is 1. The number of hydrogen-bond acceptors (Lipinski definition) is 2. The standard InChI is InChI=1S/C16H24BrNO/c1-13-4-2-5-14(10-13)12-18-8-9-19-16-7-3-6-15(17)11-16/h3,6-7,11,13-14,18H,2,4-5,8-10,12H2,1H3. The molecule has 0 saturated heterocycles. The van der Waals surface area contributed by atoms with E-state index in [4.69, 9.17) is 4.74 Å². The van der Waals surface area contributed by atoms with Crippen molar-refractivity contribution in [3.8, 4) is 5.75 Å². The highest BCUT2D eigenvalue weighted by molar-refractivity contribution is 9.10. The first-order valence-electron chi connectivity index (χ1n) is 7.33. The first-order chi connectivity index (χ1) is 9.24. The molecule has 2 rings (SSSR count). The van der Waals surface area contributed by atoms with Crippen LogP contribution in [-0.2, 0) is 0 Å². The molecule has 0 bridgehead atoms. The summed E-state index contributed by atoms with van der Waals surface area (Å²) in [6.07, 6.45) is 5.61. The van der Waals surface area contributed by atoms with Crippen LogP contribution in [0, 0.1) is 11.8 Å². The maximum atomic E-state index is 5.70. The van der Waals surface area contributed by atoms with E-state index >= 15 is 0 Å². The van der Waals surface area contributed by atoms with Crippen molar-refractivity contribution in [2.45, 2.75) is 32.6 Å². The second-order valence-corrected chi connectivity index (χ2v) is 6.56. The summed E-state index contributed by atoms with van der Waals surface area (Å²) in [5.74, 6) is 2.72. The summed E-state index contributed by atoms with van der Waals surface area (Å²) >= 11 is 3.45. The van der Waals surface area contributed by atoms with Gasteiger partial charge in [-0.05, 0) is 49.4 Å². The molecule has 1 aliphatic rings. The van der Waals surface area contributed by atoms with Crippen molar-refractivity contribution in [1.29, 1.82) is 0 Å². The van der Waals surface area contributed by atoms with Crippen molar-refractivity contribution in [3.63, 3.8) is 0 Å². The third kappa shape index (κ3) is 5.53. The topological polar surface area (TPSA) is 21.3 Å². The number of ether oxygens (including phenoxy) is 1. The highest BCUT2D eigenvalue weighted by Gasteiger charge is 2.17. The SMILES string of the molecule is CC1CCCC(CNCCOc2cccc(Br)c2)C1. The van der Waals surface area contributed by atoms with Gasteiger partial charge in [0, 0.05) is 11.0 Å². The van der Waals surface area contributed by atoms with Crippen molar-refractivity contribution < 1.29 is 4.74 Å². The molecule has 3 heteroatoms. The normalized spacial score (nSPS) is 23.3. The fourth-order valence-corrected chi connectivity index (χ4v) is 3.23. The molecule has 1 N–H and O–H groups in total. The van der Waals surface area contributed by atoms with Gasteiger partial charge in [-0.25, -0.2) is 0 Å². The van der Waals surface area contributed by atoms with Crippen molar-refractivity contribution in [1.82, 2.24) is 5.32 Å². The molecule has 0 aromatic heterocycles. The minimum absolute atomic E-state index is 0.735. The van der Waals surface area contributed by atoms with Crippen LogP contribution in [0.15, 0.2) is 28.7 Å². The summed E-state index contributed by atoms with van der Waals surface area (Å²) in [5.41, 5.74) is 0. The zero-order chi connectivity index (χ0) is 13.5. The van der Waals surface area contributed by atoms with E-state index in [0.717, 1.165) is 41.8 Å². The second kappa shape index (κ2) is 7.91. The quantitative estimate of drug-likeness (QED) is 0.790. The molecule has 19 heavy (non-hydrogen) atoms. The molecule has 1 aliphatic carbocycles. The number of rotatable bonds is 6. The second-order valence-electron chi connectivity index (χ2n) is 5.65. The predicted octanol–water partition coefficient (Wildman–Crippen LogP) is 4.24. The Labute approximate surface area is 125 Å². The summed E-state index contributed by atoms with van der Waals surface area (Å²) in [6.45, 7) is 5.19. The van der Waals surface area contributed by atoms with Crippen LogP contribution in [0.4, 0.5) is 0 Å². The van der Waals surface area contributed by atoms with Gasteiger partial charge in [0.2, 0.25) is 0 Å². The maximum Gasteiger partial charge on any atom is 0.120 e. The highest BCUT2D eigenvalue weighted by Crippen LogP contribution is 2.27. The van der Waals surface area contributed by atoms with Gasteiger partial charge in [0.1, 0.15) is 12.4 Å². The van der Waals surface area contributed by atoms with Crippen LogP contribution in [0.2, 0.25) is 0 Å². The molecule has 2 atom stereocenters. The molecule has 0 radical (unpaired) electrons. The van der Waals surface area contributed by atoms with E-state index in [9.17, 15) is 0 Å². The molecule has 1 aromatic carbocycles. The van der Waals surface area contributed by atoms with Crippen LogP contribution in [0.25, 0.3) is 0 Å². The van der Waals surface area contributed by atoms with Gasteiger partial charge < -0.3 is 10.1 Å². The van der Waals surface area contributed by atoms with Crippen LogP contribution < -0.4 is 10.1 Å². The van der Waals surface area contributed by atoms with Gasteiger partial charge in [0.15, 0.2) is 0 Å². The van der Waals surface area contributed by atoms with E-state index in [1.54, 1.807) is 0 Å². The zero-order valence-corrected chi connectivity index (χ0v) is 13.3. The van der Waals surface area contributed by atoms with E-state index in [2.05, 4.69) is 28.2 Å². The van der Waals surface area contributed by atoms with Gasteiger partial charge in [-0.1, -0.05) is 41.8 Å². The lowest BCUT2D eigenvalue weighted by Gasteiger charge is -2.26. The highest BCUT2D eigenvalue weighted by atomic mass is 79.9. The van der Waals surface area contributed by atoms with E-state index in [1.807, 2.05) is 24.3 Å². The van der Waals surface area contributed by atoms with Crippen LogP contribution >= 0.6 is 15.9 Å². The van der Waals surface area contributed by atoms with Crippen LogP contribution in [0.1, 0.15) is 32.6 Å². The average Bonchev–Trinajstić information content (AvgIpc) is 2.38. The van der Waals surface area contributed by atoms with Gasteiger partial charge >= 0.3 is 0 Å². The molecule has 0 spiro atoms. The monoisotopic (exact) mass is 325 g/mol. The van der Waals surface area contributed by atoms with Crippen molar-refractivity contribution in [2.75, 3.05) is 19.7 Å². The van der Waals surface area contributed by atoms with Crippen molar-refractivity contribution in [2.24, 2.45) is 11.8 Å². The van der Waals surface area contributed by atoms with E-state index < -0.39 is 0 Å². The van der Waals surface area contributed by atoms with E-state index in [0.29, 0.717) is 0 Å². The lowest BCUT2D eigenvalue weighted by Crippen LogP contribution is -2.29. The van der Waals surface area contributed by atoms with Crippen molar-refractivity contribution in [3.05, 3.63) is 28.7 Å². The molecular formula is C16H24BrNO. The summed E-state index contributed by atoms with van der Waals surface area (Å²) in [7, 11) is 0. The Balaban J connectivity index is 1.57. The Kier molecular flexibility index (Phi) is 6.18. The Morgan fingerprint density at radius 2 is 2.26 bits per heavy atom. The molecule has 1 fully saturated rings. The molecular weight excluding hydrogens is 302 g/mol. The third-order valence-corrected chi connectivity index (χ3v) is 4.31. The maximum absolute atomic E-state index is 5.70. The van der Waals surface area contributed by atoms with Gasteiger partial charge in [-0.15, -0.1) is 0 Å². The lowest BCUT2D eigenvalue weighted by molar-refractivity contribution is 0.262. The Hall–Kier alpha value is -0.540. The molecule has 0 heterocycles. The fraction of sp³-hybridized carbons (Fsp3) is 0.625. The molecule has 0 amide bonds. The van der Waals surface area contributed by atoms with Crippen LogP contribution in [-0.4, -0.2) is 19.7 Å². The summed E-state index contributed by atoms with van der Waals surface area (Å²) in [4.78, 5) is 0. The molecule has 1 aromatic rings. The summed E-state index contributed by atoms with van der Waals surface area (Å²) in [5, 5.41) is 3.52. The summed E-state index contributed by atoms with van der Waals surface area (Å²) in [6, 6.07) is 8.00. The number of benzene rings is 1. The van der Waals surface area contributed by atoms with Gasteiger partial charge in [0.05, 0.1) is 0 Å². The van der Waals surface area contributed by atoms with Gasteiger partial charge in [0.25, 0.3) is 0 Å². The average molecular weight is 326 g/mol. The number of halogens is 1. The predicted molar refractivity (Wildman–Crippen MR) is 83.6 cm³/mol. The first-order valence-corrected chi connectivity index (χ1v) is 8.12. The smallest absolute Gasteiger partial charge is 0.120 e. The molecule has 2 unspecified atom stereocenters. The molecule has 0 aliphatic heterocycles. The van der Waals surface area contributed by atoms with Crippen molar-refractivity contribution >= 4 is 15.9 Å².